The predicted molar refractivity (Wildman–Crippen MR) is 82.0 cm³/mol. The molecule has 2 aromatic rings. The van der Waals surface area contributed by atoms with Crippen LogP contribution < -0.4 is 4.74 Å². The highest BCUT2D eigenvalue weighted by Crippen LogP contribution is 2.23. The normalized spacial score (nSPS) is 12.1. The van der Waals surface area contributed by atoms with E-state index in [-0.39, 0.29) is 0 Å². The fraction of sp³-hybridized carbons (Fsp3) is 0.312. The molecule has 0 aliphatic carbocycles. The quantitative estimate of drug-likeness (QED) is 0.812. The van der Waals surface area contributed by atoms with Crippen LogP contribution in [0.4, 0.5) is 0 Å². The molecule has 1 aromatic carbocycles. The van der Waals surface area contributed by atoms with E-state index in [1.165, 1.54) is 4.88 Å². The van der Waals surface area contributed by atoms with Crippen molar-refractivity contribution in [3.05, 3.63) is 52.2 Å². The highest BCUT2D eigenvalue weighted by atomic mass is 32.1. The Labute approximate surface area is 124 Å². The van der Waals surface area contributed by atoms with E-state index < -0.39 is 0 Å². The van der Waals surface area contributed by atoms with Gasteiger partial charge in [0.25, 0.3) is 0 Å². The molecule has 0 aliphatic rings. The van der Waals surface area contributed by atoms with E-state index in [1.54, 1.807) is 23.5 Å². The number of hydrogen-bond acceptors (Lipinski definition) is 4. The van der Waals surface area contributed by atoms with Crippen LogP contribution in [0.2, 0.25) is 0 Å². The van der Waals surface area contributed by atoms with E-state index in [2.05, 4.69) is 42.5 Å². The van der Waals surface area contributed by atoms with Crippen molar-refractivity contribution in [1.29, 1.82) is 5.26 Å². The zero-order valence-corrected chi connectivity index (χ0v) is 12.6. The summed E-state index contributed by atoms with van der Waals surface area (Å²) < 4.78 is 5.70. The molecule has 1 heterocycles. The van der Waals surface area contributed by atoms with Crippen molar-refractivity contribution in [2.75, 3.05) is 20.2 Å². The molecule has 0 spiro atoms. The summed E-state index contributed by atoms with van der Waals surface area (Å²) in [5.41, 5.74) is 0.654. The van der Waals surface area contributed by atoms with E-state index in [0.29, 0.717) is 18.2 Å². The van der Waals surface area contributed by atoms with Crippen LogP contribution in [-0.2, 0) is 0 Å². The second kappa shape index (κ2) is 7.09. The number of nitrogens with zero attached hydrogens (tertiary/aromatic N) is 2. The highest BCUT2D eigenvalue weighted by molar-refractivity contribution is 7.10. The molecule has 0 aliphatic heterocycles. The van der Waals surface area contributed by atoms with Gasteiger partial charge in [-0.15, -0.1) is 11.3 Å². The Kier molecular flexibility index (Phi) is 5.16. The lowest BCUT2D eigenvalue weighted by Gasteiger charge is -2.23. The van der Waals surface area contributed by atoms with E-state index >= 15 is 0 Å². The Morgan fingerprint density at radius 2 is 2.05 bits per heavy atom. The van der Waals surface area contributed by atoms with Crippen LogP contribution in [0, 0.1) is 11.3 Å². The summed E-state index contributed by atoms with van der Waals surface area (Å²) in [5.74, 6) is 0.807. The fourth-order valence-corrected chi connectivity index (χ4v) is 2.72. The number of benzene rings is 1. The van der Waals surface area contributed by atoms with Gasteiger partial charge in [-0.2, -0.15) is 5.26 Å². The Morgan fingerprint density at radius 3 is 2.65 bits per heavy atom. The minimum absolute atomic E-state index is 0.402. The van der Waals surface area contributed by atoms with Gasteiger partial charge < -0.3 is 4.74 Å². The molecule has 2 rings (SSSR count). The van der Waals surface area contributed by atoms with Gasteiger partial charge in [0.2, 0.25) is 0 Å². The van der Waals surface area contributed by atoms with Crippen LogP contribution in [0.1, 0.15) is 23.4 Å². The standard InChI is InChI=1S/C16H18N2OS/c1-13(16-4-3-11-20-16)18(2)9-10-19-15-7-5-14(12-17)6-8-15/h3-8,11,13H,9-10H2,1-2H3. The third kappa shape index (κ3) is 3.83. The summed E-state index contributed by atoms with van der Waals surface area (Å²) in [4.78, 5) is 3.64. The molecule has 4 heteroatoms. The van der Waals surface area contributed by atoms with E-state index in [4.69, 9.17) is 10.00 Å². The smallest absolute Gasteiger partial charge is 0.119 e. The van der Waals surface area contributed by atoms with Gasteiger partial charge in [-0.3, -0.25) is 4.90 Å². The van der Waals surface area contributed by atoms with Crippen molar-refractivity contribution in [2.45, 2.75) is 13.0 Å². The zero-order valence-electron chi connectivity index (χ0n) is 11.7. The maximum Gasteiger partial charge on any atom is 0.119 e. The number of hydrogen-bond donors (Lipinski definition) is 0. The van der Waals surface area contributed by atoms with E-state index in [0.717, 1.165) is 12.3 Å². The third-order valence-corrected chi connectivity index (χ3v) is 4.35. The van der Waals surface area contributed by atoms with Gasteiger partial charge in [-0.05, 0) is 49.7 Å². The van der Waals surface area contributed by atoms with Gasteiger partial charge in [0.05, 0.1) is 11.6 Å². The second-order valence-corrected chi connectivity index (χ2v) is 5.64. The average molecular weight is 286 g/mol. The lowest BCUT2D eigenvalue weighted by atomic mass is 10.2. The summed E-state index contributed by atoms with van der Waals surface area (Å²) in [6.45, 7) is 3.70. The third-order valence-electron chi connectivity index (χ3n) is 3.31. The minimum Gasteiger partial charge on any atom is -0.492 e. The van der Waals surface area contributed by atoms with Gasteiger partial charge >= 0.3 is 0 Å². The van der Waals surface area contributed by atoms with Crippen molar-refractivity contribution in [2.24, 2.45) is 0 Å². The van der Waals surface area contributed by atoms with Crippen LogP contribution in [0.5, 0.6) is 5.75 Å². The maximum atomic E-state index is 8.73. The monoisotopic (exact) mass is 286 g/mol. The van der Waals surface area contributed by atoms with Gasteiger partial charge in [0.15, 0.2) is 0 Å². The van der Waals surface area contributed by atoms with Crippen molar-refractivity contribution in [3.63, 3.8) is 0 Å². The molecule has 1 unspecified atom stereocenters. The van der Waals surface area contributed by atoms with Crippen LogP contribution >= 0.6 is 11.3 Å². The molecule has 0 saturated heterocycles. The Bertz CT molecular complexity index is 557. The Morgan fingerprint density at radius 1 is 1.30 bits per heavy atom. The van der Waals surface area contributed by atoms with Gasteiger partial charge in [-0.1, -0.05) is 6.07 Å². The summed E-state index contributed by atoms with van der Waals surface area (Å²) >= 11 is 1.78. The molecular formula is C16H18N2OS. The maximum absolute atomic E-state index is 8.73. The van der Waals surface area contributed by atoms with Gasteiger partial charge in [-0.25, -0.2) is 0 Å². The Hall–Kier alpha value is -1.83. The minimum atomic E-state index is 0.402. The first kappa shape index (κ1) is 14.6. The van der Waals surface area contributed by atoms with Crippen LogP contribution in [-0.4, -0.2) is 25.1 Å². The first-order chi connectivity index (χ1) is 9.70. The molecule has 0 saturated carbocycles. The number of likely N-dealkylation sites (N-methyl/N-ethyl adjacent to an activating group) is 1. The van der Waals surface area contributed by atoms with Crippen LogP contribution in [0.25, 0.3) is 0 Å². The molecule has 0 fully saturated rings. The first-order valence-corrected chi connectivity index (χ1v) is 7.45. The van der Waals surface area contributed by atoms with Crippen molar-refractivity contribution in [1.82, 2.24) is 4.90 Å². The summed E-state index contributed by atoms with van der Waals surface area (Å²) in [6, 6.07) is 14.0. The molecule has 0 N–H and O–H groups in total. The topological polar surface area (TPSA) is 36.3 Å². The number of ether oxygens (including phenoxy) is 1. The summed E-state index contributed by atoms with van der Waals surface area (Å²) in [5, 5.41) is 10.8. The van der Waals surface area contributed by atoms with Gasteiger partial charge in [0.1, 0.15) is 12.4 Å². The molecule has 20 heavy (non-hydrogen) atoms. The highest BCUT2D eigenvalue weighted by Gasteiger charge is 2.12. The average Bonchev–Trinajstić information content (AvgIpc) is 3.01. The van der Waals surface area contributed by atoms with E-state index in [1.807, 2.05) is 12.1 Å². The van der Waals surface area contributed by atoms with Crippen molar-refractivity contribution in [3.8, 4) is 11.8 Å². The molecule has 1 aromatic heterocycles. The molecule has 0 bridgehead atoms. The number of thiophene rings is 1. The zero-order chi connectivity index (χ0) is 14.4. The first-order valence-electron chi connectivity index (χ1n) is 6.57. The van der Waals surface area contributed by atoms with Crippen LogP contribution in [0.15, 0.2) is 41.8 Å². The molecule has 104 valence electrons. The van der Waals surface area contributed by atoms with E-state index in [9.17, 15) is 0 Å². The molecular weight excluding hydrogens is 268 g/mol. The SMILES string of the molecule is CC(c1cccs1)N(C)CCOc1ccc(C#N)cc1. The molecule has 0 radical (unpaired) electrons. The molecule has 1 atom stereocenters. The number of rotatable bonds is 6. The largest absolute Gasteiger partial charge is 0.492 e. The summed E-state index contributed by atoms with van der Waals surface area (Å²) in [6.07, 6.45) is 0. The Balaban J connectivity index is 1.79. The molecule has 3 nitrogen and oxygen atoms in total. The second-order valence-electron chi connectivity index (χ2n) is 4.66. The predicted octanol–water partition coefficient (Wildman–Crippen LogP) is 3.69. The molecule has 0 amide bonds. The number of nitriles is 1. The summed E-state index contributed by atoms with van der Waals surface area (Å²) in [7, 11) is 2.10. The van der Waals surface area contributed by atoms with Crippen molar-refractivity contribution < 1.29 is 4.74 Å². The van der Waals surface area contributed by atoms with Crippen molar-refractivity contribution >= 4 is 11.3 Å². The lowest BCUT2D eigenvalue weighted by molar-refractivity contribution is 0.202. The van der Waals surface area contributed by atoms with Crippen LogP contribution in [0.3, 0.4) is 0 Å². The lowest BCUT2D eigenvalue weighted by Crippen LogP contribution is -2.26. The fourth-order valence-electron chi connectivity index (χ4n) is 1.87. The van der Waals surface area contributed by atoms with Gasteiger partial charge in [0, 0.05) is 17.5 Å².